The smallest absolute Gasteiger partial charge is 0.262 e. The van der Waals surface area contributed by atoms with Gasteiger partial charge in [0.1, 0.15) is 11.6 Å². The van der Waals surface area contributed by atoms with Crippen LogP contribution in [0.25, 0.3) is 6.08 Å². The molecule has 0 fully saturated rings. The van der Waals surface area contributed by atoms with Gasteiger partial charge in [0.25, 0.3) is 5.91 Å². The molecule has 2 aromatic rings. The highest BCUT2D eigenvalue weighted by atomic mass is 16.1. The van der Waals surface area contributed by atoms with E-state index in [2.05, 4.69) is 15.3 Å². The third-order valence-electron chi connectivity index (χ3n) is 2.52. The van der Waals surface area contributed by atoms with Gasteiger partial charge in [0, 0.05) is 25.1 Å². The lowest BCUT2D eigenvalue weighted by Gasteiger charge is -2.03. The number of nitrogens with zero attached hydrogens (tertiary/aromatic N) is 3. The Hall–Kier alpha value is -3.00. The van der Waals surface area contributed by atoms with Crippen LogP contribution in [-0.4, -0.2) is 15.9 Å². The molecule has 98 valence electrons. The number of nitrogens with one attached hydrogen (secondary N) is 1. The minimum absolute atomic E-state index is 0.0209. The molecular formula is C15H12N4O. The highest BCUT2D eigenvalue weighted by Gasteiger charge is 2.08. The molecule has 0 saturated carbocycles. The van der Waals surface area contributed by atoms with Gasteiger partial charge in [-0.1, -0.05) is 12.1 Å². The average Bonchev–Trinajstić information content (AvgIpc) is 2.52. The highest BCUT2D eigenvalue weighted by Crippen LogP contribution is 2.04. The first-order valence-electron chi connectivity index (χ1n) is 5.99. The Kier molecular flexibility index (Phi) is 4.57. The number of carbonyl (C=O) groups excluding carboxylic acids is 1. The number of aromatic nitrogens is 2. The van der Waals surface area contributed by atoms with Crippen LogP contribution in [0.3, 0.4) is 0 Å². The molecule has 0 spiro atoms. The van der Waals surface area contributed by atoms with Crippen LogP contribution in [0.1, 0.15) is 11.3 Å². The first-order chi connectivity index (χ1) is 9.79. The van der Waals surface area contributed by atoms with E-state index in [9.17, 15) is 4.79 Å². The number of nitriles is 1. The summed E-state index contributed by atoms with van der Waals surface area (Å²) in [7, 11) is 0. The fourth-order valence-corrected chi connectivity index (χ4v) is 1.54. The second-order valence-corrected chi connectivity index (χ2v) is 3.97. The van der Waals surface area contributed by atoms with E-state index in [-0.39, 0.29) is 5.57 Å². The second kappa shape index (κ2) is 6.81. The molecule has 0 unspecified atom stereocenters. The lowest BCUT2D eigenvalue weighted by Crippen LogP contribution is -2.24. The van der Waals surface area contributed by atoms with Gasteiger partial charge in [-0.15, -0.1) is 0 Å². The van der Waals surface area contributed by atoms with Crippen LogP contribution < -0.4 is 5.32 Å². The second-order valence-electron chi connectivity index (χ2n) is 3.97. The van der Waals surface area contributed by atoms with Gasteiger partial charge in [0.2, 0.25) is 0 Å². The third-order valence-corrected chi connectivity index (χ3v) is 2.52. The summed E-state index contributed by atoms with van der Waals surface area (Å²) in [4.78, 5) is 19.9. The molecule has 0 saturated heterocycles. The number of carbonyl (C=O) groups is 1. The van der Waals surface area contributed by atoms with E-state index in [1.54, 1.807) is 42.9 Å². The van der Waals surface area contributed by atoms with Crippen LogP contribution in [-0.2, 0) is 11.3 Å². The number of pyridine rings is 2. The molecule has 2 rings (SSSR count). The van der Waals surface area contributed by atoms with Crippen LogP contribution in [0.5, 0.6) is 0 Å². The van der Waals surface area contributed by atoms with Crippen LogP contribution in [0.2, 0.25) is 0 Å². The van der Waals surface area contributed by atoms with E-state index in [0.29, 0.717) is 12.2 Å². The number of rotatable bonds is 4. The fraction of sp³-hybridized carbons (Fsp3) is 0.0667. The van der Waals surface area contributed by atoms with Crippen molar-refractivity contribution in [2.45, 2.75) is 6.54 Å². The maximum Gasteiger partial charge on any atom is 0.262 e. The molecule has 0 atom stereocenters. The summed E-state index contributed by atoms with van der Waals surface area (Å²) in [5, 5.41) is 11.7. The van der Waals surface area contributed by atoms with Crippen molar-refractivity contribution in [3.63, 3.8) is 0 Å². The van der Waals surface area contributed by atoms with E-state index < -0.39 is 5.91 Å². The average molecular weight is 264 g/mol. The van der Waals surface area contributed by atoms with E-state index in [1.165, 1.54) is 6.08 Å². The molecule has 0 aliphatic carbocycles. The summed E-state index contributed by atoms with van der Waals surface area (Å²) < 4.78 is 0. The first-order valence-corrected chi connectivity index (χ1v) is 5.99. The van der Waals surface area contributed by atoms with Crippen molar-refractivity contribution in [3.05, 3.63) is 65.8 Å². The van der Waals surface area contributed by atoms with Crippen molar-refractivity contribution < 1.29 is 4.79 Å². The largest absolute Gasteiger partial charge is 0.347 e. The molecule has 5 heteroatoms. The van der Waals surface area contributed by atoms with Crippen LogP contribution in [0.4, 0.5) is 0 Å². The zero-order valence-electron chi connectivity index (χ0n) is 10.7. The van der Waals surface area contributed by atoms with Gasteiger partial charge in [-0.3, -0.25) is 14.8 Å². The van der Waals surface area contributed by atoms with Crippen LogP contribution in [0, 0.1) is 11.3 Å². The van der Waals surface area contributed by atoms with E-state index in [1.807, 2.05) is 12.1 Å². The Morgan fingerprint density at radius 1 is 1.30 bits per heavy atom. The monoisotopic (exact) mass is 264 g/mol. The summed E-state index contributed by atoms with van der Waals surface area (Å²) in [6.45, 7) is 0.327. The molecule has 2 heterocycles. The van der Waals surface area contributed by atoms with Crippen molar-refractivity contribution >= 4 is 12.0 Å². The summed E-state index contributed by atoms with van der Waals surface area (Å²) in [6.07, 6.45) is 6.38. The topological polar surface area (TPSA) is 78.7 Å². The zero-order chi connectivity index (χ0) is 14.2. The van der Waals surface area contributed by atoms with Gasteiger partial charge in [0.05, 0.1) is 5.69 Å². The quantitative estimate of drug-likeness (QED) is 0.673. The Labute approximate surface area is 116 Å². The predicted octanol–water partition coefficient (Wildman–Crippen LogP) is 1.70. The van der Waals surface area contributed by atoms with Gasteiger partial charge in [-0.2, -0.15) is 5.26 Å². The van der Waals surface area contributed by atoms with Crippen LogP contribution in [0.15, 0.2) is 54.5 Å². The molecule has 20 heavy (non-hydrogen) atoms. The minimum atomic E-state index is -0.429. The molecule has 0 bridgehead atoms. The number of hydrogen-bond donors (Lipinski definition) is 1. The minimum Gasteiger partial charge on any atom is -0.347 e. The third kappa shape index (κ3) is 3.75. The van der Waals surface area contributed by atoms with Gasteiger partial charge < -0.3 is 5.32 Å². The lowest BCUT2D eigenvalue weighted by molar-refractivity contribution is -0.117. The standard InChI is InChI=1S/C15H12N4O/c16-9-13(8-14-5-1-2-7-18-14)15(20)19-11-12-4-3-6-17-10-12/h1-8,10H,11H2,(H,19,20). The van der Waals surface area contributed by atoms with Crippen molar-refractivity contribution in [3.8, 4) is 6.07 Å². The Morgan fingerprint density at radius 3 is 2.85 bits per heavy atom. The molecular weight excluding hydrogens is 252 g/mol. The van der Waals surface area contributed by atoms with Crippen molar-refractivity contribution in [1.29, 1.82) is 5.26 Å². The van der Waals surface area contributed by atoms with E-state index in [4.69, 9.17) is 5.26 Å². The molecule has 0 aromatic carbocycles. The fourth-order valence-electron chi connectivity index (χ4n) is 1.54. The number of hydrogen-bond acceptors (Lipinski definition) is 4. The summed E-state index contributed by atoms with van der Waals surface area (Å²) in [6, 6.07) is 10.8. The van der Waals surface area contributed by atoms with Gasteiger partial charge in [0.15, 0.2) is 0 Å². The SMILES string of the molecule is N#CC(=Cc1ccccn1)C(=O)NCc1cccnc1. The van der Waals surface area contributed by atoms with Crippen molar-refractivity contribution in [2.24, 2.45) is 0 Å². The van der Waals surface area contributed by atoms with E-state index >= 15 is 0 Å². The maximum atomic E-state index is 11.9. The Bertz CT molecular complexity index is 645. The van der Waals surface area contributed by atoms with Gasteiger partial charge in [-0.05, 0) is 29.8 Å². The summed E-state index contributed by atoms with van der Waals surface area (Å²) in [5.41, 5.74) is 1.46. The van der Waals surface area contributed by atoms with Crippen molar-refractivity contribution in [2.75, 3.05) is 0 Å². The molecule has 0 aliphatic rings. The molecule has 0 radical (unpaired) electrons. The summed E-state index contributed by atoms with van der Waals surface area (Å²) >= 11 is 0. The molecule has 2 aromatic heterocycles. The maximum absolute atomic E-state index is 11.9. The molecule has 1 N–H and O–H groups in total. The van der Waals surface area contributed by atoms with Gasteiger partial charge in [-0.25, -0.2) is 0 Å². The Balaban J connectivity index is 2.03. The summed E-state index contributed by atoms with van der Waals surface area (Å²) in [5.74, 6) is -0.429. The zero-order valence-corrected chi connectivity index (χ0v) is 10.7. The van der Waals surface area contributed by atoms with Crippen molar-refractivity contribution in [1.82, 2.24) is 15.3 Å². The van der Waals surface area contributed by atoms with Crippen LogP contribution >= 0.6 is 0 Å². The molecule has 5 nitrogen and oxygen atoms in total. The first kappa shape index (κ1) is 13.4. The Morgan fingerprint density at radius 2 is 2.20 bits per heavy atom. The molecule has 0 aliphatic heterocycles. The molecule has 1 amide bonds. The normalized spacial score (nSPS) is 10.7. The predicted molar refractivity (Wildman–Crippen MR) is 73.9 cm³/mol. The van der Waals surface area contributed by atoms with Gasteiger partial charge >= 0.3 is 0 Å². The highest BCUT2D eigenvalue weighted by molar-refractivity contribution is 6.01. The number of amides is 1. The van der Waals surface area contributed by atoms with E-state index in [0.717, 1.165) is 5.56 Å². The lowest BCUT2D eigenvalue weighted by atomic mass is 10.2.